The lowest BCUT2D eigenvalue weighted by Gasteiger charge is -2.33. The maximum atomic E-state index is 6.33. The van der Waals surface area contributed by atoms with Crippen molar-refractivity contribution in [2.75, 3.05) is 7.11 Å². The number of hydrogen-bond donors (Lipinski definition) is 1. The van der Waals surface area contributed by atoms with Crippen LogP contribution < -0.4 is 15.2 Å². The Kier molecular flexibility index (Phi) is 4.16. The van der Waals surface area contributed by atoms with Gasteiger partial charge >= 0.3 is 0 Å². The first-order valence-corrected chi connectivity index (χ1v) is 7.86. The number of hydrogen-bond acceptors (Lipinski definition) is 3. The van der Waals surface area contributed by atoms with E-state index in [1.807, 2.05) is 18.2 Å². The quantitative estimate of drug-likeness (QED) is 0.912. The van der Waals surface area contributed by atoms with Crippen LogP contribution in [0.25, 0.3) is 0 Å². The number of nitrogens with two attached hydrogens (primary N) is 1. The first-order valence-electron chi connectivity index (χ1n) is 7.86. The number of rotatable bonds is 3. The minimum absolute atomic E-state index is 0.0717. The molecule has 3 nitrogen and oxygen atoms in total. The van der Waals surface area contributed by atoms with Crippen LogP contribution in [-0.4, -0.2) is 13.2 Å². The molecule has 2 atom stereocenters. The molecule has 3 heteroatoms. The summed E-state index contributed by atoms with van der Waals surface area (Å²) in [5, 5.41) is 0. The SMILES string of the molecule is COc1ccc2c(c1)[C@@H](N)CC(CC1CCCCC1)O2. The van der Waals surface area contributed by atoms with E-state index in [0.29, 0.717) is 0 Å². The van der Waals surface area contributed by atoms with Crippen LogP contribution in [0.3, 0.4) is 0 Å². The average molecular weight is 275 g/mol. The first-order chi connectivity index (χ1) is 9.76. The molecule has 0 amide bonds. The van der Waals surface area contributed by atoms with Crippen molar-refractivity contribution < 1.29 is 9.47 Å². The Balaban J connectivity index is 1.68. The summed E-state index contributed by atoms with van der Waals surface area (Å²) in [6, 6.07) is 6.04. The van der Waals surface area contributed by atoms with E-state index in [-0.39, 0.29) is 12.1 Å². The summed E-state index contributed by atoms with van der Waals surface area (Å²) in [7, 11) is 1.68. The minimum atomic E-state index is 0.0717. The molecule has 1 unspecified atom stereocenters. The molecular weight excluding hydrogens is 250 g/mol. The van der Waals surface area contributed by atoms with Gasteiger partial charge < -0.3 is 15.2 Å². The minimum Gasteiger partial charge on any atom is -0.497 e. The van der Waals surface area contributed by atoms with Gasteiger partial charge in [-0.25, -0.2) is 0 Å². The van der Waals surface area contributed by atoms with Crippen molar-refractivity contribution in [3.05, 3.63) is 23.8 Å². The van der Waals surface area contributed by atoms with Gasteiger partial charge in [0, 0.05) is 18.0 Å². The summed E-state index contributed by atoms with van der Waals surface area (Å²) in [6.07, 6.45) is 9.29. The Hall–Kier alpha value is -1.22. The fraction of sp³-hybridized carbons (Fsp3) is 0.647. The van der Waals surface area contributed by atoms with Gasteiger partial charge in [-0.05, 0) is 30.5 Å². The molecule has 0 saturated heterocycles. The molecule has 2 N–H and O–H groups in total. The molecule has 1 aromatic carbocycles. The van der Waals surface area contributed by atoms with Crippen molar-refractivity contribution in [3.8, 4) is 11.5 Å². The molecule has 1 fully saturated rings. The standard InChI is InChI=1S/C17H25NO2/c1-19-13-7-8-17-15(10-13)16(18)11-14(20-17)9-12-5-3-2-4-6-12/h7-8,10,12,14,16H,2-6,9,11,18H2,1H3/t14?,16-/m0/s1. The summed E-state index contributed by atoms with van der Waals surface area (Å²) < 4.78 is 11.4. The van der Waals surface area contributed by atoms with Crippen LogP contribution in [0, 0.1) is 5.92 Å². The molecule has 20 heavy (non-hydrogen) atoms. The lowest BCUT2D eigenvalue weighted by molar-refractivity contribution is 0.120. The van der Waals surface area contributed by atoms with Crippen molar-refractivity contribution >= 4 is 0 Å². The molecular formula is C17H25NO2. The summed E-state index contributed by atoms with van der Waals surface area (Å²) in [5.74, 6) is 2.64. The normalized spacial score (nSPS) is 26.7. The van der Waals surface area contributed by atoms with Crippen LogP contribution in [-0.2, 0) is 0 Å². The molecule has 0 radical (unpaired) electrons. The van der Waals surface area contributed by atoms with Gasteiger partial charge in [-0.15, -0.1) is 0 Å². The largest absolute Gasteiger partial charge is 0.497 e. The Labute approximate surface area is 121 Å². The molecule has 0 aromatic heterocycles. The number of benzene rings is 1. The third-order valence-electron chi connectivity index (χ3n) is 4.75. The summed E-state index contributed by atoms with van der Waals surface area (Å²) in [6.45, 7) is 0. The fourth-order valence-corrected chi connectivity index (χ4v) is 3.63. The highest BCUT2D eigenvalue weighted by Crippen LogP contribution is 2.39. The summed E-state index contributed by atoms with van der Waals surface area (Å²) >= 11 is 0. The highest BCUT2D eigenvalue weighted by Gasteiger charge is 2.28. The lowest BCUT2D eigenvalue weighted by Crippen LogP contribution is -2.31. The van der Waals surface area contributed by atoms with Crippen LogP contribution >= 0.6 is 0 Å². The molecule has 1 aliphatic carbocycles. The van der Waals surface area contributed by atoms with Gasteiger partial charge in [0.2, 0.25) is 0 Å². The topological polar surface area (TPSA) is 44.5 Å². The maximum absolute atomic E-state index is 6.33. The van der Waals surface area contributed by atoms with E-state index < -0.39 is 0 Å². The Morgan fingerprint density at radius 1 is 1.25 bits per heavy atom. The zero-order valence-corrected chi connectivity index (χ0v) is 12.3. The van der Waals surface area contributed by atoms with E-state index in [0.717, 1.165) is 29.4 Å². The number of methoxy groups -OCH3 is 1. The molecule has 2 aliphatic rings. The molecule has 0 spiro atoms. The van der Waals surface area contributed by atoms with Crippen LogP contribution in [0.1, 0.15) is 56.6 Å². The van der Waals surface area contributed by atoms with E-state index in [1.54, 1.807) is 7.11 Å². The van der Waals surface area contributed by atoms with Gasteiger partial charge in [-0.2, -0.15) is 0 Å². The maximum Gasteiger partial charge on any atom is 0.124 e. The second-order valence-corrected chi connectivity index (χ2v) is 6.23. The van der Waals surface area contributed by atoms with Crippen molar-refractivity contribution in [1.29, 1.82) is 0 Å². The third-order valence-corrected chi connectivity index (χ3v) is 4.75. The van der Waals surface area contributed by atoms with Gasteiger partial charge in [0.1, 0.15) is 17.6 Å². The van der Waals surface area contributed by atoms with E-state index in [9.17, 15) is 0 Å². The highest BCUT2D eigenvalue weighted by molar-refractivity contribution is 5.43. The molecule has 1 aliphatic heterocycles. The summed E-state index contributed by atoms with van der Waals surface area (Å²) in [4.78, 5) is 0. The number of fused-ring (bicyclic) bond motifs is 1. The van der Waals surface area contributed by atoms with Crippen molar-refractivity contribution in [2.45, 2.75) is 57.1 Å². The van der Waals surface area contributed by atoms with Gasteiger partial charge in [-0.3, -0.25) is 0 Å². The Morgan fingerprint density at radius 2 is 2.05 bits per heavy atom. The molecule has 1 aromatic rings. The second-order valence-electron chi connectivity index (χ2n) is 6.23. The van der Waals surface area contributed by atoms with Gasteiger partial charge in [0.05, 0.1) is 7.11 Å². The van der Waals surface area contributed by atoms with Crippen molar-refractivity contribution in [1.82, 2.24) is 0 Å². The third kappa shape index (κ3) is 2.93. The Morgan fingerprint density at radius 3 is 2.80 bits per heavy atom. The van der Waals surface area contributed by atoms with E-state index in [1.165, 1.54) is 38.5 Å². The highest BCUT2D eigenvalue weighted by atomic mass is 16.5. The predicted molar refractivity (Wildman–Crippen MR) is 80.1 cm³/mol. The van der Waals surface area contributed by atoms with E-state index in [4.69, 9.17) is 15.2 Å². The molecule has 0 bridgehead atoms. The van der Waals surface area contributed by atoms with Crippen LogP contribution in [0.2, 0.25) is 0 Å². The van der Waals surface area contributed by atoms with Crippen LogP contribution in [0.15, 0.2) is 18.2 Å². The smallest absolute Gasteiger partial charge is 0.124 e. The fourth-order valence-electron chi connectivity index (χ4n) is 3.63. The average Bonchev–Trinajstić information content (AvgIpc) is 2.48. The van der Waals surface area contributed by atoms with Crippen LogP contribution in [0.4, 0.5) is 0 Å². The Bertz CT molecular complexity index is 454. The van der Waals surface area contributed by atoms with Crippen molar-refractivity contribution in [3.63, 3.8) is 0 Å². The zero-order valence-electron chi connectivity index (χ0n) is 12.3. The van der Waals surface area contributed by atoms with Crippen molar-refractivity contribution in [2.24, 2.45) is 11.7 Å². The molecule has 110 valence electrons. The molecule has 1 saturated carbocycles. The van der Waals surface area contributed by atoms with E-state index in [2.05, 4.69) is 0 Å². The number of ether oxygens (including phenoxy) is 2. The van der Waals surface area contributed by atoms with Crippen LogP contribution in [0.5, 0.6) is 11.5 Å². The van der Waals surface area contributed by atoms with E-state index >= 15 is 0 Å². The molecule has 1 heterocycles. The van der Waals surface area contributed by atoms with Gasteiger partial charge in [0.25, 0.3) is 0 Å². The predicted octanol–water partition coefficient (Wildman–Crippen LogP) is 3.82. The van der Waals surface area contributed by atoms with Gasteiger partial charge in [-0.1, -0.05) is 32.1 Å². The lowest BCUT2D eigenvalue weighted by atomic mass is 9.83. The monoisotopic (exact) mass is 275 g/mol. The summed E-state index contributed by atoms with van der Waals surface area (Å²) in [5.41, 5.74) is 7.42. The zero-order chi connectivity index (χ0) is 13.9. The molecule has 3 rings (SSSR count). The van der Waals surface area contributed by atoms with Gasteiger partial charge in [0.15, 0.2) is 0 Å². The first kappa shape index (κ1) is 13.7. The second kappa shape index (κ2) is 6.04.